The number of carbonyl (C=O) groups is 1. The third kappa shape index (κ3) is 4.17. The first-order valence-corrected chi connectivity index (χ1v) is 12.1. The minimum absolute atomic E-state index is 0.0756. The van der Waals surface area contributed by atoms with Crippen LogP contribution in [-0.4, -0.2) is 46.3 Å². The number of aryl methyl sites for hydroxylation is 1. The van der Waals surface area contributed by atoms with Gasteiger partial charge in [-0.05, 0) is 36.4 Å². The number of anilines is 1. The Morgan fingerprint density at radius 3 is 2.61 bits per heavy atom. The second-order valence-corrected chi connectivity index (χ2v) is 10.8. The number of hydrogen-bond acceptors (Lipinski definition) is 7. The number of thiazole rings is 1. The Morgan fingerprint density at radius 1 is 1.15 bits per heavy atom. The van der Waals surface area contributed by atoms with E-state index >= 15 is 0 Å². The zero-order valence-electron chi connectivity index (χ0n) is 17.7. The molecular formula is C20H18ClN5O5S2. The van der Waals surface area contributed by atoms with E-state index in [1.54, 1.807) is 18.2 Å². The number of sulfonamides is 1. The van der Waals surface area contributed by atoms with Gasteiger partial charge in [-0.15, -0.1) is 0 Å². The number of carbonyl (C=O) groups excluding carboxylic acids is 1. The first-order valence-electron chi connectivity index (χ1n) is 9.51. The second kappa shape index (κ2) is 8.37. The molecule has 0 fully saturated rings. The molecule has 0 unspecified atom stereocenters. The lowest BCUT2D eigenvalue weighted by molar-refractivity contribution is -0.116. The van der Waals surface area contributed by atoms with Crippen molar-refractivity contribution >= 4 is 65.1 Å². The molecule has 0 saturated heterocycles. The molecule has 0 aliphatic rings. The number of aromatic nitrogens is 3. The zero-order chi connectivity index (χ0) is 24.1. The number of halogens is 1. The highest BCUT2D eigenvalue weighted by molar-refractivity contribution is 7.89. The zero-order valence-corrected chi connectivity index (χ0v) is 20.1. The van der Waals surface area contributed by atoms with Gasteiger partial charge in [0, 0.05) is 26.2 Å². The number of amides is 1. The van der Waals surface area contributed by atoms with Crippen molar-refractivity contribution in [1.82, 2.24) is 18.4 Å². The summed E-state index contributed by atoms with van der Waals surface area (Å²) in [7, 11) is -0.0301. The fraction of sp³-hybridized carbons (Fsp3) is 0.200. The van der Waals surface area contributed by atoms with Crippen molar-refractivity contribution in [2.75, 3.05) is 18.9 Å². The van der Waals surface area contributed by atoms with Gasteiger partial charge in [-0.25, -0.2) is 18.2 Å². The summed E-state index contributed by atoms with van der Waals surface area (Å²) in [6.45, 7) is -0.470. The van der Waals surface area contributed by atoms with Gasteiger partial charge in [0.2, 0.25) is 15.9 Å². The third-order valence-electron chi connectivity index (χ3n) is 5.11. The van der Waals surface area contributed by atoms with Crippen LogP contribution in [-0.2, 0) is 28.9 Å². The molecule has 13 heteroatoms. The first-order chi connectivity index (χ1) is 15.5. The highest BCUT2D eigenvalue weighted by Gasteiger charge is 2.24. The predicted octanol–water partition coefficient (Wildman–Crippen LogP) is 1.76. The van der Waals surface area contributed by atoms with E-state index in [-0.39, 0.29) is 10.3 Å². The maximum Gasteiger partial charge on any atom is 0.330 e. The van der Waals surface area contributed by atoms with Crippen molar-refractivity contribution in [2.24, 2.45) is 14.1 Å². The second-order valence-electron chi connectivity index (χ2n) is 7.33. The number of hydrogen-bond donors (Lipinski definition) is 1. The maximum atomic E-state index is 13.0. The summed E-state index contributed by atoms with van der Waals surface area (Å²) in [6.07, 6.45) is 0. The average Bonchev–Trinajstić information content (AvgIpc) is 3.16. The van der Waals surface area contributed by atoms with Gasteiger partial charge in [0.25, 0.3) is 5.56 Å². The molecule has 0 atom stereocenters. The molecule has 0 radical (unpaired) electrons. The van der Waals surface area contributed by atoms with Gasteiger partial charge in [0.05, 0.1) is 32.6 Å². The van der Waals surface area contributed by atoms with Gasteiger partial charge in [-0.2, -0.15) is 4.31 Å². The van der Waals surface area contributed by atoms with Crippen LogP contribution >= 0.6 is 22.9 Å². The summed E-state index contributed by atoms with van der Waals surface area (Å²) in [6, 6.07) is 9.02. The lowest BCUT2D eigenvalue weighted by atomic mass is 10.2. The van der Waals surface area contributed by atoms with Crippen LogP contribution in [0.4, 0.5) is 5.13 Å². The Bertz CT molecular complexity index is 1660. The van der Waals surface area contributed by atoms with Crippen molar-refractivity contribution < 1.29 is 13.2 Å². The molecule has 2 aromatic carbocycles. The van der Waals surface area contributed by atoms with Gasteiger partial charge >= 0.3 is 5.69 Å². The molecule has 1 amide bonds. The summed E-state index contributed by atoms with van der Waals surface area (Å²) < 4.78 is 29.9. The number of nitrogens with one attached hydrogen (secondary N) is 1. The van der Waals surface area contributed by atoms with E-state index in [1.807, 2.05) is 0 Å². The monoisotopic (exact) mass is 507 g/mol. The van der Waals surface area contributed by atoms with Gasteiger partial charge in [-0.1, -0.05) is 22.9 Å². The summed E-state index contributed by atoms with van der Waals surface area (Å²) >= 11 is 7.18. The Morgan fingerprint density at radius 2 is 1.88 bits per heavy atom. The van der Waals surface area contributed by atoms with E-state index in [1.165, 1.54) is 55.2 Å². The van der Waals surface area contributed by atoms with Crippen LogP contribution in [0.3, 0.4) is 0 Å². The van der Waals surface area contributed by atoms with E-state index in [0.717, 1.165) is 13.6 Å². The fourth-order valence-corrected chi connectivity index (χ4v) is 5.62. The van der Waals surface area contributed by atoms with Crippen LogP contribution in [0.2, 0.25) is 5.02 Å². The lowest BCUT2D eigenvalue weighted by Gasteiger charge is -2.17. The molecule has 0 aliphatic carbocycles. The van der Waals surface area contributed by atoms with Crippen molar-refractivity contribution in [2.45, 2.75) is 4.90 Å². The van der Waals surface area contributed by atoms with E-state index in [0.29, 0.717) is 21.2 Å². The Labute approximate surface area is 196 Å². The Kier molecular flexibility index (Phi) is 5.86. The highest BCUT2D eigenvalue weighted by Crippen LogP contribution is 2.28. The van der Waals surface area contributed by atoms with E-state index in [4.69, 9.17) is 11.6 Å². The van der Waals surface area contributed by atoms with Crippen LogP contribution in [0.15, 0.2) is 50.9 Å². The number of benzene rings is 2. The molecule has 1 N–H and O–H groups in total. The summed E-state index contributed by atoms with van der Waals surface area (Å²) in [4.78, 5) is 41.2. The van der Waals surface area contributed by atoms with Crippen LogP contribution in [0, 0.1) is 0 Å². The SMILES string of the molecule is CN(CC(=O)Nc1nc2ccc(Cl)cc2s1)S(=O)(=O)c1ccc2c(c1)c(=O)n(C)c(=O)n2C. The molecule has 2 aromatic heterocycles. The van der Waals surface area contributed by atoms with Crippen molar-refractivity contribution in [3.05, 3.63) is 62.3 Å². The summed E-state index contributed by atoms with van der Waals surface area (Å²) in [5.74, 6) is -0.578. The van der Waals surface area contributed by atoms with Crippen LogP contribution in [0.1, 0.15) is 0 Å². The third-order valence-corrected chi connectivity index (χ3v) is 8.08. The minimum Gasteiger partial charge on any atom is -0.301 e. The van der Waals surface area contributed by atoms with E-state index < -0.39 is 33.7 Å². The van der Waals surface area contributed by atoms with Gasteiger partial charge < -0.3 is 5.32 Å². The van der Waals surface area contributed by atoms with Gasteiger partial charge in [0.1, 0.15) is 0 Å². The molecule has 0 saturated carbocycles. The Hall–Kier alpha value is -3.06. The first kappa shape index (κ1) is 23.1. The quantitative estimate of drug-likeness (QED) is 0.439. The highest BCUT2D eigenvalue weighted by atomic mass is 35.5. The number of fused-ring (bicyclic) bond motifs is 2. The molecule has 10 nitrogen and oxygen atoms in total. The van der Waals surface area contributed by atoms with E-state index in [2.05, 4.69) is 10.3 Å². The molecule has 0 bridgehead atoms. The van der Waals surface area contributed by atoms with Crippen molar-refractivity contribution in [3.8, 4) is 0 Å². The lowest BCUT2D eigenvalue weighted by Crippen LogP contribution is -2.37. The standard InChI is InChI=1S/C20H18ClN5O5S2/c1-24(10-17(27)23-19-22-14-6-4-11(21)8-16(14)32-19)33(30,31)12-5-7-15-13(9-12)18(28)26(3)20(29)25(15)2/h4-9H,10H2,1-3H3,(H,22,23,27). The van der Waals surface area contributed by atoms with Gasteiger partial charge in [0.15, 0.2) is 5.13 Å². The molecular weight excluding hydrogens is 490 g/mol. The minimum atomic E-state index is -4.10. The molecule has 4 aromatic rings. The summed E-state index contributed by atoms with van der Waals surface area (Å²) in [5, 5.41) is 3.53. The molecule has 0 aliphatic heterocycles. The molecule has 2 heterocycles. The van der Waals surface area contributed by atoms with Crippen LogP contribution in [0.25, 0.3) is 21.1 Å². The van der Waals surface area contributed by atoms with Crippen molar-refractivity contribution in [3.63, 3.8) is 0 Å². The van der Waals surface area contributed by atoms with E-state index in [9.17, 15) is 22.8 Å². The number of nitrogens with zero attached hydrogens (tertiary/aromatic N) is 4. The molecule has 33 heavy (non-hydrogen) atoms. The average molecular weight is 508 g/mol. The smallest absolute Gasteiger partial charge is 0.301 e. The fourth-order valence-electron chi connectivity index (χ4n) is 3.31. The van der Waals surface area contributed by atoms with Crippen LogP contribution in [0.5, 0.6) is 0 Å². The van der Waals surface area contributed by atoms with Gasteiger partial charge in [-0.3, -0.25) is 18.7 Å². The molecule has 0 spiro atoms. The number of rotatable bonds is 5. The normalized spacial score (nSPS) is 12.0. The van der Waals surface area contributed by atoms with Crippen molar-refractivity contribution in [1.29, 1.82) is 0 Å². The van der Waals surface area contributed by atoms with Crippen LogP contribution < -0.4 is 16.6 Å². The Balaban J connectivity index is 1.58. The molecule has 4 rings (SSSR count). The molecule has 172 valence electrons. The summed E-state index contributed by atoms with van der Waals surface area (Å²) in [5.41, 5.74) is -0.165. The maximum absolute atomic E-state index is 13.0. The predicted molar refractivity (Wildman–Crippen MR) is 128 cm³/mol. The number of likely N-dealkylation sites (N-methyl/N-ethyl adjacent to an activating group) is 1. The largest absolute Gasteiger partial charge is 0.330 e. The topological polar surface area (TPSA) is 123 Å².